The van der Waals surface area contributed by atoms with E-state index in [1.807, 2.05) is 48.7 Å². The first-order valence-electron chi connectivity index (χ1n) is 19.5. The summed E-state index contributed by atoms with van der Waals surface area (Å²) in [6.45, 7) is 0. The van der Waals surface area contributed by atoms with Crippen LogP contribution in [0.25, 0.3) is 111 Å². The predicted octanol–water partition coefficient (Wildman–Crippen LogP) is 13.9. The van der Waals surface area contributed by atoms with E-state index >= 15 is 0 Å². The fraction of sp³-hybridized carbons (Fsp3) is 0. The van der Waals surface area contributed by atoms with Crippen LogP contribution in [0.3, 0.4) is 0 Å². The number of aromatic nitrogens is 4. The molecule has 2 aromatic heterocycles. The molecule has 0 spiro atoms. The molecule has 0 saturated heterocycles. The van der Waals surface area contributed by atoms with Gasteiger partial charge in [0.15, 0.2) is 17.5 Å². The topological polar surface area (TPSA) is 51.6 Å². The molecule has 0 fully saturated rings. The maximum Gasteiger partial charge on any atom is 0.164 e. The number of hydrogen-bond acceptors (Lipinski definition) is 4. The molecule has 9 aromatic carbocycles. The van der Waals surface area contributed by atoms with Gasteiger partial charge in [0.05, 0.1) is 5.52 Å². The van der Waals surface area contributed by atoms with Gasteiger partial charge in [0, 0.05) is 33.8 Å². The van der Waals surface area contributed by atoms with Crippen LogP contribution in [0.15, 0.2) is 206 Å². The van der Waals surface area contributed by atoms with E-state index in [0.717, 1.165) is 61.0 Å². The van der Waals surface area contributed by atoms with Crippen molar-refractivity contribution in [2.45, 2.75) is 0 Å². The summed E-state index contributed by atoms with van der Waals surface area (Å²) >= 11 is 0. The molecule has 0 N–H and O–H groups in total. The molecule has 2 heterocycles. The number of benzene rings is 9. The zero-order chi connectivity index (χ0) is 38.4. The van der Waals surface area contributed by atoms with Gasteiger partial charge in [-0.05, 0) is 90.5 Å². The van der Waals surface area contributed by atoms with E-state index in [-0.39, 0.29) is 0 Å². The molecule has 11 rings (SSSR count). The third-order valence-electron chi connectivity index (χ3n) is 11.1. The number of rotatable bonds is 6. The summed E-state index contributed by atoms with van der Waals surface area (Å²) in [6, 6.07) is 70.5. The number of fused-ring (bicyclic) bond motifs is 7. The van der Waals surface area contributed by atoms with Crippen molar-refractivity contribution in [3.63, 3.8) is 0 Å². The lowest BCUT2D eigenvalue weighted by molar-refractivity contribution is 1.07. The standard InChI is InChI=1S/C54H34N4/c1-3-13-35(14-4-1)36-24-26-39(27-25-36)53-56-52(38-15-5-2-6-16-38)57-54(58-53)43-32-41(31-42(33-43)44-23-11-17-37-18-12-30-55-51(37)44)40-28-29-49-47-21-8-7-19-45(47)46-20-9-10-22-48(46)50(49)34-40/h1-34H. The largest absolute Gasteiger partial charge is 0.256 e. The Bertz CT molecular complexity index is 3280. The van der Waals surface area contributed by atoms with Gasteiger partial charge >= 0.3 is 0 Å². The Morgan fingerprint density at radius 1 is 0.259 bits per heavy atom. The van der Waals surface area contributed by atoms with Crippen LogP contribution in [0.1, 0.15) is 0 Å². The molecule has 0 amide bonds. The number of nitrogens with zero attached hydrogens (tertiary/aromatic N) is 4. The van der Waals surface area contributed by atoms with Crippen LogP contribution < -0.4 is 0 Å². The SMILES string of the molecule is c1ccc(-c2ccc(-c3nc(-c4ccccc4)nc(-c4cc(-c5ccc6c7ccccc7c7ccccc7c6c5)cc(-c5cccc6cccnc56)c4)n3)cc2)cc1. The molecule has 4 nitrogen and oxygen atoms in total. The third kappa shape index (κ3) is 5.96. The normalized spacial score (nSPS) is 11.4. The second-order valence-corrected chi connectivity index (χ2v) is 14.6. The lowest BCUT2D eigenvalue weighted by atomic mass is 9.90. The molecule has 0 radical (unpaired) electrons. The minimum Gasteiger partial charge on any atom is -0.256 e. The molecule has 0 aliphatic carbocycles. The van der Waals surface area contributed by atoms with Crippen molar-refractivity contribution in [3.8, 4) is 67.5 Å². The highest BCUT2D eigenvalue weighted by molar-refractivity contribution is 6.25. The first-order chi connectivity index (χ1) is 28.7. The molecule has 0 aliphatic rings. The fourth-order valence-electron chi connectivity index (χ4n) is 8.30. The van der Waals surface area contributed by atoms with Crippen molar-refractivity contribution in [3.05, 3.63) is 206 Å². The van der Waals surface area contributed by atoms with Gasteiger partial charge in [-0.1, -0.05) is 170 Å². The Hall–Kier alpha value is -7.82. The van der Waals surface area contributed by atoms with Gasteiger partial charge in [-0.3, -0.25) is 4.98 Å². The highest BCUT2D eigenvalue weighted by Crippen LogP contribution is 2.40. The van der Waals surface area contributed by atoms with E-state index in [1.165, 1.54) is 32.3 Å². The van der Waals surface area contributed by atoms with Gasteiger partial charge in [-0.15, -0.1) is 0 Å². The Balaban J connectivity index is 1.14. The van der Waals surface area contributed by atoms with E-state index in [9.17, 15) is 0 Å². The quantitative estimate of drug-likeness (QED) is 0.159. The Morgan fingerprint density at radius 2 is 0.724 bits per heavy atom. The van der Waals surface area contributed by atoms with Crippen LogP contribution in [0.4, 0.5) is 0 Å². The summed E-state index contributed by atoms with van der Waals surface area (Å²) in [7, 11) is 0. The van der Waals surface area contributed by atoms with Crippen molar-refractivity contribution >= 4 is 43.2 Å². The number of para-hydroxylation sites is 1. The minimum absolute atomic E-state index is 0.601. The average Bonchev–Trinajstić information content (AvgIpc) is 3.31. The molecule has 11 aromatic rings. The van der Waals surface area contributed by atoms with Crippen molar-refractivity contribution in [1.29, 1.82) is 0 Å². The summed E-state index contributed by atoms with van der Waals surface area (Å²) in [5.74, 6) is 1.84. The molecular weight excluding hydrogens is 705 g/mol. The molecule has 0 bridgehead atoms. The summed E-state index contributed by atoms with van der Waals surface area (Å²) < 4.78 is 0. The fourth-order valence-corrected chi connectivity index (χ4v) is 8.30. The number of hydrogen-bond donors (Lipinski definition) is 0. The van der Waals surface area contributed by atoms with E-state index in [0.29, 0.717) is 17.5 Å². The maximum absolute atomic E-state index is 5.22. The molecule has 270 valence electrons. The summed E-state index contributed by atoms with van der Waals surface area (Å²) in [4.78, 5) is 20.3. The Kier molecular flexibility index (Phi) is 8.11. The van der Waals surface area contributed by atoms with E-state index in [4.69, 9.17) is 19.9 Å². The monoisotopic (exact) mass is 738 g/mol. The van der Waals surface area contributed by atoms with Crippen LogP contribution in [0.5, 0.6) is 0 Å². The van der Waals surface area contributed by atoms with E-state index in [1.54, 1.807) is 0 Å². The molecule has 58 heavy (non-hydrogen) atoms. The summed E-state index contributed by atoms with van der Waals surface area (Å²) in [6.07, 6.45) is 1.86. The molecule has 4 heteroatoms. The van der Waals surface area contributed by atoms with Gasteiger partial charge in [0.25, 0.3) is 0 Å². The third-order valence-corrected chi connectivity index (χ3v) is 11.1. The zero-order valence-electron chi connectivity index (χ0n) is 31.4. The lowest BCUT2D eigenvalue weighted by Crippen LogP contribution is -2.00. The van der Waals surface area contributed by atoms with Crippen LogP contribution in [-0.2, 0) is 0 Å². The predicted molar refractivity (Wildman–Crippen MR) is 240 cm³/mol. The average molecular weight is 739 g/mol. The van der Waals surface area contributed by atoms with E-state index < -0.39 is 0 Å². The number of pyridine rings is 1. The van der Waals surface area contributed by atoms with Gasteiger partial charge in [-0.25, -0.2) is 15.0 Å². The van der Waals surface area contributed by atoms with Crippen LogP contribution >= 0.6 is 0 Å². The zero-order valence-corrected chi connectivity index (χ0v) is 31.4. The van der Waals surface area contributed by atoms with Crippen LogP contribution in [0.2, 0.25) is 0 Å². The molecule has 0 atom stereocenters. The Labute approximate surface area is 335 Å². The van der Waals surface area contributed by atoms with Crippen molar-refractivity contribution in [1.82, 2.24) is 19.9 Å². The second kappa shape index (κ2) is 14.0. The van der Waals surface area contributed by atoms with Crippen molar-refractivity contribution < 1.29 is 0 Å². The highest BCUT2D eigenvalue weighted by atomic mass is 15.0. The molecule has 0 saturated carbocycles. The molecule has 0 unspecified atom stereocenters. The van der Waals surface area contributed by atoms with E-state index in [2.05, 4.69) is 158 Å². The van der Waals surface area contributed by atoms with Crippen molar-refractivity contribution in [2.75, 3.05) is 0 Å². The molecule has 0 aliphatic heterocycles. The smallest absolute Gasteiger partial charge is 0.164 e. The first-order valence-corrected chi connectivity index (χ1v) is 19.5. The van der Waals surface area contributed by atoms with Crippen LogP contribution in [0, 0.1) is 0 Å². The van der Waals surface area contributed by atoms with Gasteiger partial charge in [-0.2, -0.15) is 0 Å². The first kappa shape index (κ1) is 33.5. The Morgan fingerprint density at radius 3 is 1.40 bits per heavy atom. The molecular formula is C54H34N4. The lowest BCUT2D eigenvalue weighted by Gasteiger charge is -2.15. The highest BCUT2D eigenvalue weighted by Gasteiger charge is 2.17. The van der Waals surface area contributed by atoms with Gasteiger partial charge < -0.3 is 0 Å². The van der Waals surface area contributed by atoms with Gasteiger partial charge in [0.2, 0.25) is 0 Å². The summed E-state index contributed by atoms with van der Waals surface area (Å²) in [5, 5.41) is 8.55. The summed E-state index contributed by atoms with van der Waals surface area (Å²) in [5.41, 5.74) is 10.3. The maximum atomic E-state index is 5.22. The second-order valence-electron chi connectivity index (χ2n) is 14.6. The van der Waals surface area contributed by atoms with Crippen molar-refractivity contribution in [2.24, 2.45) is 0 Å². The van der Waals surface area contributed by atoms with Gasteiger partial charge in [0.1, 0.15) is 0 Å². The minimum atomic E-state index is 0.601. The van der Waals surface area contributed by atoms with Crippen LogP contribution in [-0.4, -0.2) is 19.9 Å².